The lowest BCUT2D eigenvalue weighted by molar-refractivity contribution is 0.594. The molecule has 1 heterocycles. The molecule has 0 aliphatic heterocycles. The molecule has 0 aliphatic rings. The van der Waals surface area contributed by atoms with E-state index in [4.69, 9.17) is 0 Å². The molecular weight excluding hydrogens is 380 g/mol. The molecule has 0 bridgehead atoms. The topological polar surface area (TPSA) is 44.0 Å². The van der Waals surface area contributed by atoms with Crippen molar-refractivity contribution in [3.05, 3.63) is 129 Å². The summed E-state index contributed by atoms with van der Waals surface area (Å²) in [7, 11) is 0. The molecule has 0 aliphatic carbocycles. The van der Waals surface area contributed by atoms with E-state index < -0.39 is 0 Å². The molecule has 144 valence electrons. The van der Waals surface area contributed by atoms with E-state index >= 15 is 0 Å². The van der Waals surface area contributed by atoms with Gasteiger partial charge in [0.05, 0.1) is 18.0 Å². The van der Waals surface area contributed by atoms with Gasteiger partial charge in [-0.3, -0.25) is 13.9 Å². The van der Waals surface area contributed by atoms with Gasteiger partial charge in [-0.1, -0.05) is 90.6 Å². The highest BCUT2D eigenvalue weighted by atomic mass is 32.2. The van der Waals surface area contributed by atoms with Crippen molar-refractivity contribution in [2.24, 2.45) is 0 Å². The largest absolute Gasteiger partial charge is 0.331 e. The maximum atomic E-state index is 13.1. The van der Waals surface area contributed by atoms with Crippen LogP contribution in [-0.4, -0.2) is 9.13 Å². The van der Waals surface area contributed by atoms with Crippen molar-refractivity contribution >= 4 is 11.8 Å². The number of rotatable bonds is 6. The normalized spacial score (nSPS) is 10.8. The molecular formula is C24H20N2O2S. The van der Waals surface area contributed by atoms with Gasteiger partial charge in [0, 0.05) is 11.1 Å². The van der Waals surface area contributed by atoms with Crippen LogP contribution in [0, 0.1) is 0 Å². The fourth-order valence-corrected chi connectivity index (χ4v) is 4.04. The summed E-state index contributed by atoms with van der Waals surface area (Å²) < 4.78 is 2.94. The number of hydrogen-bond donors (Lipinski definition) is 0. The van der Waals surface area contributed by atoms with Crippen LogP contribution in [0.4, 0.5) is 0 Å². The fourth-order valence-electron chi connectivity index (χ4n) is 3.11. The Morgan fingerprint density at radius 1 is 0.655 bits per heavy atom. The van der Waals surface area contributed by atoms with Crippen LogP contribution in [0.2, 0.25) is 0 Å². The average molecular weight is 401 g/mol. The molecule has 4 aromatic rings. The molecule has 4 rings (SSSR count). The van der Waals surface area contributed by atoms with Gasteiger partial charge in [0.2, 0.25) is 0 Å². The Bertz CT molecular complexity index is 1130. The molecule has 0 spiro atoms. The smallest absolute Gasteiger partial charge is 0.295 e. The molecule has 1 aromatic heterocycles. The van der Waals surface area contributed by atoms with Gasteiger partial charge in [0.15, 0.2) is 0 Å². The predicted molar refractivity (Wildman–Crippen MR) is 117 cm³/mol. The quantitative estimate of drug-likeness (QED) is 0.486. The Morgan fingerprint density at radius 2 is 1.17 bits per heavy atom. The van der Waals surface area contributed by atoms with Crippen LogP contribution in [0.5, 0.6) is 0 Å². The summed E-state index contributed by atoms with van der Waals surface area (Å²) in [6, 6.07) is 29.1. The van der Waals surface area contributed by atoms with Crippen molar-refractivity contribution in [2.75, 3.05) is 0 Å². The number of aromatic nitrogens is 2. The minimum atomic E-state index is -0.305. The number of hydrogen-bond acceptors (Lipinski definition) is 3. The summed E-state index contributed by atoms with van der Waals surface area (Å²) in [6.07, 6.45) is 1.68. The van der Waals surface area contributed by atoms with E-state index in [1.54, 1.807) is 10.8 Å². The Balaban J connectivity index is 1.79. The Hall–Kier alpha value is -3.31. The number of nitrogens with zero attached hydrogens (tertiary/aromatic N) is 2. The van der Waals surface area contributed by atoms with Gasteiger partial charge in [0.1, 0.15) is 0 Å². The maximum absolute atomic E-state index is 13.1. The summed E-state index contributed by atoms with van der Waals surface area (Å²) in [6.45, 7) is 0.660. The van der Waals surface area contributed by atoms with Crippen LogP contribution in [0.25, 0.3) is 0 Å². The van der Waals surface area contributed by atoms with Gasteiger partial charge in [-0.05, 0) is 23.3 Å². The molecule has 5 heteroatoms. The third-order valence-electron chi connectivity index (χ3n) is 4.56. The molecule has 3 aromatic carbocycles. The first-order chi connectivity index (χ1) is 14.2. The predicted octanol–water partition coefficient (Wildman–Crippen LogP) is 4.26. The molecule has 29 heavy (non-hydrogen) atoms. The van der Waals surface area contributed by atoms with E-state index in [0.29, 0.717) is 11.4 Å². The molecule has 0 saturated carbocycles. The van der Waals surface area contributed by atoms with Crippen LogP contribution in [-0.2, 0) is 13.1 Å². The fraction of sp³-hybridized carbons (Fsp3) is 0.0833. The van der Waals surface area contributed by atoms with E-state index in [1.165, 1.54) is 16.3 Å². The zero-order valence-corrected chi connectivity index (χ0v) is 16.6. The summed E-state index contributed by atoms with van der Waals surface area (Å²) in [5, 5.41) is 0. The van der Waals surface area contributed by atoms with Crippen molar-refractivity contribution in [1.29, 1.82) is 0 Å². The van der Waals surface area contributed by atoms with Crippen molar-refractivity contribution in [1.82, 2.24) is 9.13 Å². The van der Waals surface area contributed by atoms with E-state index in [2.05, 4.69) is 0 Å². The summed E-state index contributed by atoms with van der Waals surface area (Å²) >= 11 is 1.38. The van der Waals surface area contributed by atoms with Crippen LogP contribution in [0.1, 0.15) is 11.1 Å². The minimum Gasteiger partial charge on any atom is -0.295 e. The second-order valence-corrected chi connectivity index (χ2v) is 7.80. The average Bonchev–Trinajstić information content (AvgIpc) is 2.77. The van der Waals surface area contributed by atoms with Gasteiger partial charge in [-0.2, -0.15) is 0 Å². The standard InChI is InChI=1S/C24H20N2O2S/c27-23-22(29-21-14-8-3-9-15-21)18-25(16-19-10-4-1-5-11-19)24(28)26(23)17-20-12-6-2-7-13-20/h1-15,18H,16-17H2. The van der Waals surface area contributed by atoms with E-state index in [0.717, 1.165) is 16.0 Å². The lowest BCUT2D eigenvalue weighted by Crippen LogP contribution is -2.40. The first-order valence-corrected chi connectivity index (χ1v) is 10.2. The first-order valence-electron chi connectivity index (χ1n) is 9.36. The van der Waals surface area contributed by atoms with Crippen molar-refractivity contribution in [2.45, 2.75) is 22.9 Å². The summed E-state index contributed by atoms with van der Waals surface area (Å²) in [5.41, 5.74) is 1.35. The van der Waals surface area contributed by atoms with Crippen LogP contribution >= 0.6 is 11.8 Å². The van der Waals surface area contributed by atoms with Crippen LogP contribution in [0.3, 0.4) is 0 Å². The SMILES string of the molecule is O=c1c(Sc2ccccc2)cn(Cc2ccccc2)c(=O)n1Cc1ccccc1. The van der Waals surface area contributed by atoms with Gasteiger partial charge < -0.3 is 0 Å². The molecule has 4 nitrogen and oxygen atoms in total. The van der Waals surface area contributed by atoms with Crippen LogP contribution in [0.15, 0.2) is 117 Å². The summed E-state index contributed by atoms with van der Waals surface area (Å²) in [5.74, 6) is 0. The van der Waals surface area contributed by atoms with E-state index in [9.17, 15) is 9.59 Å². The molecule has 0 radical (unpaired) electrons. The minimum absolute atomic E-state index is 0.247. The molecule has 0 atom stereocenters. The van der Waals surface area contributed by atoms with Crippen LogP contribution < -0.4 is 11.2 Å². The Morgan fingerprint density at radius 3 is 1.76 bits per heavy atom. The highest BCUT2D eigenvalue weighted by Gasteiger charge is 2.13. The molecule has 0 fully saturated rings. The second-order valence-electron chi connectivity index (χ2n) is 6.68. The maximum Gasteiger partial charge on any atom is 0.331 e. The lowest BCUT2D eigenvalue weighted by atomic mass is 10.2. The second kappa shape index (κ2) is 8.80. The van der Waals surface area contributed by atoms with E-state index in [1.807, 2.05) is 91.0 Å². The first kappa shape index (κ1) is 19.0. The molecule has 0 amide bonds. The highest BCUT2D eigenvalue weighted by Crippen LogP contribution is 2.24. The Labute approximate surface area is 173 Å². The molecule has 0 unspecified atom stereocenters. The van der Waals surface area contributed by atoms with Gasteiger partial charge >= 0.3 is 5.69 Å². The third kappa shape index (κ3) is 4.58. The van der Waals surface area contributed by atoms with Gasteiger partial charge in [-0.25, -0.2) is 4.79 Å². The van der Waals surface area contributed by atoms with Crippen molar-refractivity contribution < 1.29 is 0 Å². The lowest BCUT2D eigenvalue weighted by Gasteiger charge is -2.13. The number of benzene rings is 3. The van der Waals surface area contributed by atoms with Gasteiger partial charge in [0.25, 0.3) is 5.56 Å². The van der Waals surface area contributed by atoms with Crippen molar-refractivity contribution in [3.63, 3.8) is 0 Å². The highest BCUT2D eigenvalue weighted by molar-refractivity contribution is 7.99. The molecule has 0 N–H and O–H groups in total. The monoisotopic (exact) mass is 400 g/mol. The van der Waals surface area contributed by atoms with E-state index in [-0.39, 0.29) is 17.8 Å². The summed E-state index contributed by atoms with van der Waals surface area (Å²) in [4.78, 5) is 27.7. The van der Waals surface area contributed by atoms with Gasteiger partial charge in [-0.15, -0.1) is 0 Å². The Kier molecular flexibility index (Phi) is 5.77. The zero-order valence-electron chi connectivity index (χ0n) is 15.8. The zero-order chi connectivity index (χ0) is 20.1. The third-order valence-corrected chi connectivity index (χ3v) is 5.56. The van der Waals surface area contributed by atoms with Crippen molar-refractivity contribution in [3.8, 4) is 0 Å². The molecule has 0 saturated heterocycles.